The maximum Gasteiger partial charge on any atom is 0.0677 e. The van der Waals surface area contributed by atoms with Crippen LogP contribution < -0.4 is 0 Å². The fourth-order valence-corrected chi connectivity index (χ4v) is 3.79. The van der Waals surface area contributed by atoms with Gasteiger partial charge in [-0.15, -0.1) is 6.58 Å². The third-order valence-corrected chi connectivity index (χ3v) is 4.80. The predicted octanol–water partition coefficient (Wildman–Crippen LogP) is 2.66. The summed E-state index contributed by atoms with van der Waals surface area (Å²) in [6, 6.07) is 6.13. The number of hydrogen-bond donors (Lipinski definition) is 0. The molecular formula is C18H26N2O2. The van der Waals surface area contributed by atoms with E-state index in [1.807, 2.05) is 18.3 Å². The molecule has 0 unspecified atom stereocenters. The Labute approximate surface area is 133 Å². The summed E-state index contributed by atoms with van der Waals surface area (Å²) in [6.45, 7) is 9.04. The van der Waals surface area contributed by atoms with Crippen LogP contribution in [0.25, 0.3) is 0 Å². The molecule has 0 saturated carbocycles. The van der Waals surface area contributed by atoms with E-state index in [4.69, 9.17) is 9.47 Å². The summed E-state index contributed by atoms with van der Waals surface area (Å²) in [6.07, 6.45) is 7.44. The Hall–Kier alpha value is -1.23. The highest BCUT2D eigenvalue weighted by molar-refractivity contribution is 5.05. The fourth-order valence-electron chi connectivity index (χ4n) is 3.79. The van der Waals surface area contributed by atoms with Crippen molar-refractivity contribution in [2.75, 3.05) is 32.9 Å². The van der Waals surface area contributed by atoms with Crippen molar-refractivity contribution in [2.45, 2.75) is 31.9 Å². The molecular weight excluding hydrogens is 276 g/mol. The van der Waals surface area contributed by atoms with E-state index in [2.05, 4.69) is 28.6 Å². The van der Waals surface area contributed by atoms with Gasteiger partial charge in [0.1, 0.15) is 0 Å². The quantitative estimate of drug-likeness (QED) is 0.598. The maximum absolute atomic E-state index is 6.07. The van der Waals surface area contributed by atoms with Gasteiger partial charge in [-0.1, -0.05) is 12.1 Å². The average molecular weight is 302 g/mol. The topological polar surface area (TPSA) is 34.6 Å². The predicted molar refractivity (Wildman–Crippen MR) is 86.6 cm³/mol. The second-order valence-electron chi connectivity index (χ2n) is 6.45. The largest absolute Gasteiger partial charge is 0.377 e. The van der Waals surface area contributed by atoms with E-state index in [9.17, 15) is 0 Å². The summed E-state index contributed by atoms with van der Waals surface area (Å²) < 4.78 is 11.9. The summed E-state index contributed by atoms with van der Waals surface area (Å²) in [4.78, 5) is 6.96. The van der Waals surface area contributed by atoms with Gasteiger partial charge in [-0.2, -0.15) is 0 Å². The zero-order valence-corrected chi connectivity index (χ0v) is 13.2. The van der Waals surface area contributed by atoms with Gasteiger partial charge in [0.25, 0.3) is 0 Å². The van der Waals surface area contributed by atoms with Crippen LogP contribution >= 0.6 is 0 Å². The molecule has 1 aromatic heterocycles. The molecule has 2 aliphatic rings. The molecule has 120 valence electrons. The van der Waals surface area contributed by atoms with Crippen molar-refractivity contribution < 1.29 is 9.47 Å². The van der Waals surface area contributed by atoms with Crippen molar-refractivity contribution >= 4 is 0 Å². The first kappa shape index (κ1) is 15.7. The Kier molecular flexibility index (Phi) is 5.24. The van der Waals surface area contributed by atoms with Gasteiger partial charge >= 0.3 is 0 Å². The summed E-state index contributed by atoms with van der Waals surface area (Å²) >= 11 is 0. The molecule has 4 nitrogen and oxygen atoms in total. The molecule has 2 atom stereocenters. The Balaban J connectivity index is 1.67. The van der Waals surface area contributed by atoms with Crippen molar-refractivity contribution in [1.82, 2.24) is 9.88 Å². The summed E-state index contributed by atoms with van der Waals surface area (Å²) in [5, 5.41) is 0. The molecule has 2 aliphatic heterocycles. The number of aromatic nitrogens is 1. The highest BCUT2D eigenvalue weighted by Crippen LogP contribution is 2.40. The van der Waals surface area contributed by atoms with Gasteiger partial charge in [0.15, 0.2) is 0 Å². The number of fused-ring (bicyclic) bond motifs is 1. The van der Waals surface area contributed by atoms with Crippen LogP contribution in [0.5, 0.6) is 0 Å². The molecule has 2 fully saturated rings. The van der Waals surface area contributed by atoms with Gasteiger partial charge in [-0.3, -0.25) is 9.88 Å². The third-order valence-electron chi connectivity index (χ3n) is 4.80. The molecule has 0 N–H and O–H groups in total. The molecule has 22 heavy (non-hydrogen) atoms. The van der Waals surface area contributed by atoms with E-state index in [0.29, 0.717) is 12.7 Å². The van der Waals surface area contributed by atoms with Crippen LogP contribution in [-0.4, -0.2) is 48.9 Å². The number of nitrogens with zero attached hydrogens (tertiary/aromatic N) is 2. The molecule has 3 rings (SSSR count). The molecule has 0 aliphatic carbocycles. The van der Waals surface area contributed by atoms with Gasteiger partial charge in [-0.05, 0) is 31.4 Å². The van der Waals surface area contributed by atoms with Crippen molar-refractivity contribution in [3.05, 3.63) is 42.7 Å². The maximum atomic E-state index is 6.07. The number of likely N-dealkylation sites (tertiary alicyclic amines) is 1. The lowest BCUT2D eigenvalue weighted by molar-refractivity contribution is -0.152. The molecule has 0 bridgehead atoms. The van der Waals surface area contributed by atoms with Crippen molar-refractivity contribution in [2.24, 2.45) is 5.41 Å². The molecule has 0 amide bonds. The second-order valence-corrected chi connectivity index (χ2v) is 6.45. The Morgan fingerprint density at radius 2 is 2.45 bits per heavy atom. The molecule has 0 radical (unpaired) electrons. The zero-order chi connectivity index (χ0) is 15.3. The number of pyridine rings is 1. The van der Waals surface area contributed by atoms with Gasteiger partial charge in [0, 0.05) is 37.9 Å². The lowest BCUT2D eigenvalue weighted by atomic mass is 9.73. The minimum Gasteiger partial charge on any atom is -0.377 e. The van der Waals surface area contributed by atoms with Crippen LogP contribution in [0, 0.1) is 5.41 Å². The zero-order valence-electron chi connectivity index (χ0n) is 13.2. The van der Waals surface area contributed by atoms with E-state index in [1.54, 1.807) is 0 Å². The molecule has 3 heterocycles. The number of piperidine rings is 1. The van der Waals surface area contributed by atoms with Crippen molar-refractivity contribution in [3.63, 3.8) is 0 Å². The van der Waals surface area contributed by atoms with Gasteiger partial charge in [0.2, 0.25) is 0 Å². The lowest BCUT2D eigenvalue weighted by Crippen LogP contribution is -2.56. The van der Waals surface area contributed by atoms with E-state index < -0.39 is 0 Å². The summed E-state index contributed by atoms with van der Waals surface area (Å²) in [5.41, 5.74) is 1.27. The lowest BCUT2D eigenvalue weighted by Gasteiger charge is -2.50. The third kappa shape index (κ3) is 3.57. The van der Waals surface area contributed by atoms with Crippen molar-refractivity contribution in [3.8, 4) is 0 Å². The van der Waals surface area contributed by atoms with Crippen LogP contribution in [0.15, 0.2) is 37.1 Å². The van der Waals surface area contributed by atoms with Gasteiger partial charge < -0.3 is 9.47 Å². The number of rotatable bonds is 6. The SMILES string of the molecule is C=CCOC[C@@]12CCCO[C@H]1CCN(Cc1ccccn1)C2. The Bertz CT molecular complexity index is 479. The Morgan fingerprint density at radius 1 is 1.50 bits per heavy atom. The van der Waals surface area contributed by atoms with Gasteiger partial charge in [0.05, 0.1) is 25.0 Å². The first-order chi connectivity index (χ1) is 10.8. The number of ether oxygens (including phenoxy) is 2. The van der Waals surface area contributed by atoms with E-state index in [-0.39, 0.29) is 5.41 Å². The van der Waals surface area contributed by atoms with E-state index in [0.717, 1.165) is 51.4 Å². The van der Waals surface area contributed by atoms with Crippen LogP contribution in [0.1, 0.15) is 25.0 Å². The highest BCUT2D eigenvalue weighted by Gasteiger charge is 2.46. The first-order valence-corrected chi connectivity index (χ1v) is 8.25. The minimum atomic E-state index is 0.133. The van der Waals surface area contributed by atoms with E-state index in [1.165, 1.54) is 6.42 Å². The van der Waals surface area contributed by atoms with Crippen LogP contribution in [0.2, 0.25) is 0 Å². The van der Waals surface area contributed by atoms with E-state index >= 15 is 0 Å². The first-order valence-electron chi connectivity index (χ1n) is 8.25. The monoisotopic (exact) mass is 302 g/mol. The smallest absolute Gasteiger partial charge is 0.0677 e. The van der Waals surface area contributed by atoms with Crippen LogP contribution in [0.3, 0.4) is 0 Å². The normalized spacial score (nSPS) is 29.0. The summed E-state index contributed by atoms with van der Waals surface area (Å²) in [7, 11) is 0. The van der Waals surface area contributed by atoms with Crippen LogP contribution in [0.4, 0.5) is 0 Å². The minimum absolute atomic E-state index is 0.133. The average Bonchev–Trinajstić information content (AvgIpc) is 2.56. The van der Waals surface area contributed by atoms with Crippen molar-refractivity contribution in [1.29, 1.82) is 0 Å². The fraction of sp³-hybridized carbons (Fsp3) is 0.611. The molecule has 0 aromatic carbocycles. The molecule has 1 aromatic rings. The summed E-state index contributed by atoms with van der Waals surface area (Å²) in [5.74, 6) is 0. The second kappa shape index (κ2) is 7.36. The number of hydrogen-bond acceptors (Lipinski definition) is 4. The Morgan fingerprint density at radius 3 is 3.27 bits per heavy atom. The molecule has 4 heteroatoms. The standard InChI is InChI=1S/C18H26N2O2/c1-2-11-21-15-18-8-5-12-22-17(18)7-10-20(14-18)13-16-6-3-4-9-19-16/h2-4,6,9,17H,1,5,7-8,10-15H2/t17-,18-/m0/s1. The van der Waals surface area contributed by atoms with Gasteiger partial charge in [-0.25, -0.2) is 0 Å². The molecule has 0 spiro atoms. The van der Waals surface area contributed by atoms with Crippen LogP contribution in [-0.2, 0) is 16.0 Å². The highest BCUT2D eigenvalue weighted by atomic mass is 16.5. The molecule has 2 saturated heterocycles.